The quantitative estimate of drug-likeness (QED) is 0.801. The van der Waals surface area contributed by atoms with Gasteiger partial charge in [-0.05, 0) is 52.4 Å². The van der Waals surface area contributed by atoms with Crippen molar-refractivity contribution in [2.24, 2.45) is 0 Å². The maximum absolute atomic E-state index is 9.00. The van der Waals surface area contributed by atoms with Gasteiger partial charge < -0.3 is 9.84 Å². The van der Waals surface area contributed by atoms with Gasteiger partial charge in [-0.2, -0.15) is 0 Å². The highest BCUT2D eigenvalue weighted by molar-refractivity contribution is 4.97. The second-order valence-corrected chi connectivity index (χ2v) is 5.94. The lowest BCUT2D eigenvalue weighted by Gasteiger charge is -2.50. The van der Waals surface area contributed by atoms with Crippen LogP contribution in [0.25, 0.3) is 0 Å². The molecule has 0 amide bonds. The molecule has 2 aliphatic rings. The van der Waals surface area contributed by atoms with E-state index in [4.69, 9.17) is 9.84 Å². The average molecular weight is 241 g/mol. The smallest absolute Gasteiger partial charge is 0.0697 e. The average Bonchev–Trinajstić information content (AvgIpc) is 2.27. The summed E-state index contributed by atoms with van der Waals surface area (Å²) in [6.07, 6.45) is 7.11. The number of hydrogen-bond donors (Lipinski definition) is 1. The predicted molar refractivity (Wildman–Crippen MR) is 69.1 cm³/mol. The second-order valence-electron chi connectivity index (χ2n) is 5.94. The van der Waals surface area contributed by atoms with Crippen molar-refractivity contribution in [3.05, 3.63) is 0 Å². The molecule has 0 aromatic carbocycles. The largest absolute Gasteiger partial charge is 0.396 e. The highest BCUT2D eigenvalue weighted by Crippen LogP contribution is 2.43. The first-order chi connectivity index (χ1) is 8.17. The van der Waals surface area contributed by atoms with Crippen LogP contribution in [0.4, 0.5) is 0 Å². The first kappa shape index (κ1) is 13.3. The van der Waals surface area contributed by atoms with Crippen LogP contribution in [-0.2, 0) is 4.74 Å². The Morgan fingerprint density at radius 2 is 2.18 bits per heavy atom. The molecule has 0 radical (unpaired) electrons. The first-order valence-electron chi connectivity index (χ1n) is 7.17. The van der Waals surface area contributed by atoms with Gasteiger partial charge >= 0.3 is 0 Å². The van der Waals surface area contributed by atoms with Crippen LogP contribution >= 0.6 is 0 Å². The van der Waals surface area contributed by atoms with Gasteiger partial charge in [0.2, 0.25) is 0 Å². The van der Waals surface area contributed by atoms with Gasteiger partial charge in [-0.25, -0.2) is 0 Å². The Hall–Kier alpha value is -0.120. The van der Waals surface area contributed by atoms with Gasteiger partial charge in [0.05, 0.1) is 5.60 Å². The topological polar surface area (TPSA) is 32.7 Å². The maximum Gasteiger partial charge on any atom is 0.0697 e. The molecule has 1 N–H and O–H groups in total. The molecular formula is C14H27NO2. The van der Waals surface area contributed by atoms with Crippen LogP contribution in [0, 0.1) is 0 Å². The van der Waals surface area contributed by atoms with Gasteiger partial charge in [0.15, 0.2) is 0 Å². The van der Waals surface area contributed by atoms with Crippen molar-refractivity contribution in [2.45, 2.75) is 70.1 Å². The van der Waals surface area contributed by atoms with Crippen LogP contribution in [0.1, 0.15) is 52.4 Å². The van der Waals surface area contributed by atoms with Crippen molar-refractivity contribution in [3.8, 4) is 0 Å². The summed E-state index contributed by atoms with van der Waals surface area (Å²) in [7, 11) is 0. The Bertz CT molecular complexity index is 238. The molecule has 100 valence electrons. The van der Waals surface area contributed by atoms with E-state index < -0.39 is 0 Å². The van der Waals surface area contributed by atoms with E-state index in [1.54, 1.807) is 0 Å². The molecule has 3 heteroatoms. The maximum atomic E-state index is 9.00. The summed E-state index contributed by atoms with van der Waals surface area (Å²) in [5.41, 5.74) is 0.231. The number of ether oxygens (including phenoxy) is 1. The minimum absolute atomic E-state index is 0.231. The number of aliphatic hydroxyl groups excluding tert-OH is 1. The van der Waals surface area contributed by atoms with E-state index >= 15 is 0 Å². The Balaban J connectivity index is 1.92. The monoisotopic (exact) mass is 241 g/mol. The number of hydrogen-bond acceptors (Lipinski definition) is 3. The third-order valence-electron chi connectivity index (χ3n) is 4.44. The molecule has 1 atom stereocenters. The third-order valence-corrected chi connectivity index (χ3v) is 4.44. The molecule has 1 spiro atoms. The Kier molecular flexibility index (Phi) is 4.45. The normalized spacial score (nSPS) is 27.7. The molecule has 0 aromatic rings. The molecule has 2 rings (SSSR count). The zero-order valence-corrected chi connectivity index (χ0v) is 11.3. The highest BCUT2D eigenvalue weighted by atomic mass is 16.5. The van der Waals surface area contributed by atoms with Crippen molar-refractivity contribution in [1.82, 2.24) is 4.90 Å². The van der Waals surface area contributed by atoms with Crippen LogP contribution in [0.3, 0.4) is 0 Å². The summed E-state index contributed by atoms with van der Waals surface area (Å²) in [4.78, 5) is 2.57. The Morgan fingerprint density at radius 1 is 1.41 bits per heavy atom. The molecule has 1 heterocycles. The SMILES string of the molecule is CC(C)N(CCCO)C1CCOC2(CCC2)C1. The number of rotatable bonds is 5. The Labute approximate surface area is 105 Å². The standard InChI is InChI=1S/C14H27NO2/c1-12(2)15(8-4-9-16)13-5-10-17-14(11-13)6-3-7-14/h12-13,16H,3-11H2,1-2H3. The van der Waals surface area contributed by atoms with Gasteiger partial charge in [0.1, 0.15) is 0 Å². The molecule has 3 nitrogen and oxygen atoms in total. The van der Waals surface area contributed by atoms with Crippen molar-refractivity contribution in [2.75, 3.05) is 19.8 Å². The lowest BCUT2D eigenvalue weighted by molar-refractivity contribution is -0.151. The van der Waals surface area contributed by atoms with E-state index in [0.717, 1.165) is 26.0 Å². The number of aliphatic hydroxyl groups is 1. The van der Waals surface area contributed by atoms with Crippen molar-refractivity contribution in [3.63, 3.8) is 0 Å². The zero-order valence-electron chi connectivity index (χ0n) is 11.3. The fraction of sp³-hybridized carbons (Fsp3) is 1.00. The van der Waals surface area contributed by atoms with Gasteiger partial charge in [-0.15, -0.1) is 0 Å². The summed E-state index contributed by atoms with van der Waals surface area (Å²) in [5.74, 6) is 0. The third kappa shape index (κ3) is 3.01. The van der Waals surface area contributed by atoms with Crippen LogP contribution in [0.2, 0.25) is 0 Å². The van der Waals surface area contributed by atoms with E-state index in [1.807, 2.05) is 0 Å². The molecule has 2 fully saturated rings. The van der Waals surface area contributed by atoms with E-state index in [-0.39, 0.29) is 5.60 Å². The summed E-state index contributed by atoms with van der Waals surface area (Å²) in [6, 6.07) is 1.23. The second kappa shape index (κ2) is 5.68. The molecular weight excluding hydrogens is 214 g/mol. The minimum atomic E-state index is 0.231. The minimum Gasteiger partial charge on any atom is -0.396 e. The van der Waals surface area contributed by atoms with Gasteiger partial charge in [0.25, 0.3) is 0 Å². The summed E-state index contributed by atoms with van der Waals surface area (Å²) in [5, 5.41) is 9.00. The molecule has 1 aliphatic carbocycles. The van der Waals surface area contributed by atoms with E-state index in [1.165, 1.54) is 25.7 Å². The molecule has 0 bridgehead atoms. The lowest BCUT2D eigenvalue weighted by atomic mass is 9.73. The van der Waals surface area contributed by atoms with Crippen LogP contribution in [0.5, 0.6) is 0 Å². The fourth-order valence-corrected chi connectivity index (χ4v) is 3.32. The Morgan fingerprint density at radius 3 is 2.71 bits per heavy atom. The van der Waals surface area contributed by atoms with Gasteiger partial charge in [-0.1, -0.05) is 0 Å². The van der Waals surface area contributed by atoms with Gasteiger partial charge in [-0.3, -0.25) is 4.90 Å². The van der Waals surface area contributed by atoms with Crippen molar-refractivity contribution >= 4 is 0 Å². The van der Waals surface area contributed by atoms with Crippen LogP contribution in [0.15, 0.2) is 0 Å². The highest BCUT2D eigenvalue weighted by Gasteiger charge is 2.44. The molecule has 0 aromatic heterocycles. The molecule has 1 aliphatic heterocycles. The summed E-state index contributed by atoms with van der Waals surface area (Å²) in [6.45, 7) is 6.78. The molecule has 17 heavy (non-hydrogen) atoms. The van der Waals surface area contributed by atoms with Crippen molar-refractivity contribution in [1.29, 1.82) is 0 Å². The van der Waals surface area contributed by atoms with E-state index in [0.29, 0.717) is 18.7 Å². The van der Waals surface area contributed by atoms with Crippen molar-refractivity contribution < 1.29 is 9.84 Å². The van der Waals surface area contributed by atoms with E-state index in [9.17, 15) is 0 Å². The summed E-state index contributed by atoms with van der Waals surface area (Å²) < 4.78 is 5.99. The summed E-state index contributed by atoms with van der Waals surface area (Å²) >= 11 is 0. The fourth-order valence-electron chi connectivity index (χ4n) is 3.32. The van der Waals surface area contributed by atoms with Crippen LogP contribution < -0.4 is 0 Å². The predicted octanol–water partition coefficient (Wildman–Crippen LogP) is 2.18. The van der Waals surface area contributed by atoms with Crippen LogP contribution in [-0.4, -0.2) is 47.4 Å². The number of nitrogens with zero attached hydrogens (tertiary/aromatic N) is 1. The lowest BCUT2D eigenvalue weighted by Crippen LogP contribution is -2.53. The zero-order chi connectivity index (χ0) is 12.3. The van der Waals surface area contributed by atoms with Gasteiger partial charge in [0, 0.05) is 31.8 Å². The molecule has 1 saturated carbocycles. The first-order valence-corrected chi connectivity index (χ1v) is 7.17. The van der Waals surface area contributed by atoms with E-state index in [2.05, 4.69) is 18.7 Å². The molecule has 1 saturated heterocycles. The molecule has 1 unspecified atom stereocenters.